The van der Waals surface area contributed by atoms with Gasteiger partial charge in [-0.15, -0.1) is 0 Å². The molecule has 2 amide bonds. The Hall–Kier alpha value is -3.65. The molecule has 1 aromatic heterocycles. The maximum atomic E-state index is 13.0. The first-order chi connectivity index (χ1) is 17.4. The molecule has 0 aliphatic carbocycles. The molecule has 2 aromatic carbocycles. The maximum Gasteiger partial charge on any atom is 0.253 e. The van der Waals surface area contributed by atoms with Crippen LogP contribution in [0.25, 0.3) is 11.4 Å². The van der Waals surface area contributed by atoms with Crippen molar-refractivity contribution in [2.24, 2.45) is 0 Å². The number of anilines is 2. The Balaban J connectivity index is 1.48. The molecule has 4 rings (SSSR count). The number of aromatic nitrogens is 2. The molecule has 2 N–H and O–H groups in total. The van der Waals surface area contributed by atoms with Crippen molar-refractivity contribution in [3.05, 3.63) is 70.7 Å². The van der Waals surface area contributed by atoms with Gasteiger partial charge in [0, 0.05) is 68.4 Å². The minimum absolute atomic E-state index is 0.0576. The molecule has 1 fully saturated rings. The Bertz CT molecular complexity index is 1190. The van der Waals surface area contributed by atoms with E-state index in [9.17, 15) is 9.59 Å². The molecule has 0 unspecified atom stereocenters. The first-order valence-corrected chi connectivity index (χ1v) is 12.6. The van der Waals surface area contributed by atoms with Crippen molar-refractivity contribution in [3.63, 3.8) is 0 Å². The van der Waals surface area contributed by atoms with Gasteiger partial charge < -0.3 is 20.4 Å². The van der Waals surface area contributed by atoms with Gasteiger partial charge in [0.1, 0.15) is 11.6 Å². The van der Waals surface area contributed by atoms with Gasteiger partial charge in [0.2, 0.25) is 5.91 Å². The first-order valence-electron chi connectivity index (χ1n) is 12.2. The molecule has 9 heteroatoms. The predicted molar refractivity (Wildman–Crippen MR) is 144 cm³/mol. The van der Waals surface area contributed by atoms with E-state index in [0.29, 0.717) is 55.9 Å². The van der Waals surface area contributed by atoms with Crippen LogP contribution in [0.1, 0.15) is 29.8 Å². The van der Waals surface area contributed by atoms with E-state index in [1.165, 1.54) is 12.5 Å². The summed E-state index contributed by atoms with van der Waals surface area (Å²) in [6.07, 6.45) is 0.953. The molecule has 1 aliphatic rings. The van der Waals surface area contributed by atoms with Crippen molar-refractivity contribution in [2.75, 3.05) is 49.5 Å². The van der Waals surface area contributed by atoms with E-state index < -0.39 is 0 Å². The van der Waals surface area contributed by atoms with Crippen molar-refractivity contribution in [2.45, 2.75) is 20.3 Å². The second kappa shape index (κ2) is 11.9. The van der Waals surface area contributed by atoms with Crippen molar-refractivity contribution < 1.29 is 9.59 Å². The van der Waals surface area contributed by atoms with Crippen molar-refractivity contribution in [1.82, 2.24) is 20.2 Å². The van der Waals surface area contributed by atoms with Crippen LogP contribution in [0.5, 0.6) is 0 Å². The topological polar surface area (TPSA) is 90.5 Å². The monoisotopic (exact) mass is 506 g/mol. The molecule has 1 saturated heterocycles. The second-order valence-corrected chi connectivity index (χ2v) is 9.12. The van der Waals surface area contributed by atoms with E-state index in [1.54, 1.807) is 0 Å². The number of carbonyl (C=O) groups excluding carboxylic acids is 2. The molecular formula is C27H31ClN6O2. The second-order valence-electron chi connectivity index (χ2n) is 8.68. The molecule has 3 aromatic rings. The standard InChI is InChI=1S/C27H31ClN6O2/c1-3-20-4-6-22(7-5-20)27(36)34-16-14-33(15-17-34)25-18-24(30-13-12-29-19(2)35)31-26(32-25)21-8-10-23(28)11-9-21/h4-11,18H,3,12-17H2,1-2H3,(H,29,35)(H,30,31,32). The van der Waals surface area contributed by atoms with Crippen LogP contribution in [-0.4, -0.2) is 66.0 Å². The van der Waals surface area contributed by atoms with Gasteiger partial charge in [-0.3, -0.25) is 9.59 Å². The van der Waals surface area contributed by atoms with E-state index >= 15 is 0 Å². The highest BCUT2D eigenvalue weighted by molar-refractivity contribution is 6.30. The Kier molecular flexibility index (Phi) is 8.38. The summed E-state index contributed by atoms with van der Waals surface area (Å²) < 4.78 is 0. The van der Waals surface area contributed by atoms with Gasteiger partial charge in [0.05, 0.1) is 0 Å². The summed E-state index contributed by atoms with van der Waals surface area (Å²) in [4.78, 5) is 37.7. The number of amides is 2. The lowest BCUT2D eigenvalue weighted by Gasteiger charge is -2.35. The van der Waals surface area contributed by atoms with Gasteiger partial charge in [-0.25, -0.2) is 9.97 Å². The molecule has 2 heterocycles. The number of benzene rings is 2. The SMILES string of the molecule is CCc1ccc(C(=O)N2CCN(c3cc(NCCNC(C)=O)nc(-c4ccc(Cl)cc4)n3)CC2)cc1. The van der Waals surface area contributed by atoms with Gasteiger partial charge in [-0.05, 0) is 48.4 Å². The van der Waals surface area contributed by atoms with Crippen molar-refractivity contribution in [1.29, 1.82) is 0 Å². The number of piperazine rings is 1. The fourth-order valence-corrected chi connectivity index (χ4v) is 4.17. The number of nitrogens with one attached hydrogen (secondary N) is 2. The number of rotatable bonds is 8. The van der Waals surface area contributed by atoms with E-state index in [-0.39, 0.29) is 11.8 Å². The number of nitrogens with zero attached hydrogens (tertiary/aromatic N) is 4. The molecule has 0 saturated carbocycles. The molecule has 0 bridgehead atoms. The van der Waals surface area contributed by atoms with Crippen LogP contribution in [0, 0.1) is 0 Å². The maximum absolute atomic E-state index is 13.0. The van der Waals surface area contributed by atoms with Crippen LogP contribution in [-0.2, 0) is 11.2 Å². The Morgan fingerprint density at radius 3 is 2.28 bits per heavy atom. The van der Waals surface area contributed by atoms with Gasteiger partial charge in [-0.1, -0.05) is 30.7 Å². The molecule has 0 spiro atoms. The summed E-state index contributed by atoms with van der Waals surface area (Å²) in [5, 5.41) is 6.70. The minimum Gasteiger partial charge on any atom is -0.368 e. The van der Waals surface area contributed by atoms with Crippen molar-refractivity contribution in [3.8, 4) is 11.4 Å². The number of halogens is 1. The minimum atomic E-state index is -0.0734. The largest absolute Gasteiger partial charge is 0.368 e. The van der Waals surface area contributed by atoms with Crippen LogP contribution in [0.3, 0.4) is 0 Å². The third-order valence-corrected chi connectivity index (χ3v) is 6.37. The van der Waals surface area contributed by atoms with E-state index in [2.05, 4.69) is 27.4 Å². The number of hydrogen-bond acceptors (Lipinski definition) is 6. The van der Waals surface area contributed by atoms with E-state index in [4.69, 9.17) is 16.6 Å². The van der Waals surface area contributed by atoms with Crippen LogP contribution in [0.4, 0.5) is 11.6 Å². The molecule has 8 nitrogen and oxygen atoms in total. The zero-order valence-corrected chi connectivity index (χ0v) is 21.4. The summed E-state index contributed by atoms with van der Waals surface area (Å²) in [7, 11) is 0. The molecule has 1 aliphatic heterocycles. The van der Waals surface area contributed by atoms with E-state index in [0.717, 1.165) is 23.4 Å². The Morgan fingerprint density at radius 2 is 1.64 bits per heavy atom. The molecule has 188 valence electrons. The van der Waals surface area contributed by atoms with Crippen LogP contribution < -0.4 is 15.5 Å². The zero-order valence-electron chi connectivity index (χ0n) is 20.6. The summed E-state index contributed by atoms with van der Waals surface area (Å²) in [6, 6.07) is 17.2. The quantitative estimate of drug-likeness (QED) is 0.451. The fraction of sp³-hybridized carbons (Fsp3) is 0.333. The third kappa shape index (κ3) is 6.51. The average Bonchev–Trinajstić information content (AvgIpc) is 2.91. The average molecular weight is 507 g/mol. The van der Waals surface area contributed by atoms with Crippen LogP contribution in [0.2, 0.25) is 5.02 Å². The highest BCUT2D eigenvalue weighted by Crippen LogP contribution is 2.25. The highest BCUT2D eigenvalue weighted by Gasteiger charge is 2.24. The molecule has 0 atom stereocenters. The smallest absolute Gasteiger partial charge is 0.253 e. The molecular weight excluding hydrogens is 476 g/mol. The number of carbonyl (C=O) groups is 2. The van der Waals surface area contributed by atoms with Gasteiger partial charge in [-0.2, -0.15) is 0 Å². The summed E-state index contributed by atoms with van der Waals surface area (Å²) in [6.45, 7) is 7.18. The predicted octanol–water partition coefficient (Wildman–Crippen LogP) is 3.87. The lowest BCUT2D eigenvalue weighted by molar-refractivity contribution is -0.118. The normalized spacial score (nSPS) is 13.4. The van der Waals surface area contributed by atoms with Gasteiger partial charge >= 0.3 is 0 Å². The summed E-state index contributed by atoms with van der Waals surface area (Å²) in [5.74, 6) is 2.03. The Labute approximate surface area is 216 Å². The van der Waals surface area contributed by atoms with Crippen molar-refractivity contribution >= 4 is 35.1 Å². The van der Waals surface area contributed by atoms with Crippen LogP contribution >= 0.6 is 11.6 Å². The first kappa shape index (κ1) is 25.4. The third-order valence-electron chi connectivity index (χ3n) is 6.12. The number of aryl methyl sites for hydroxylation is 1. The highest BCUT2D eigenvalue weighted by atomic mass is 35.5. The van der Waals surface area contributed by atoms with Crippen LogP contribution in [0.15, 0.2) is 54.6 Å². The lowest BCUT2D eigenvalue weighted by atomic mass is 10.1. The van der Waals surface area contributed by atoms with E-state index in [1.807, 2.05) is 59.5 Å². The summed E-state index contributed by atoms with van der Waals surface area (Å²) in [5.41, 5.74) is 2.80. The summed E-state index contributed by atoms with van der Waals surface area (Å²) >= 11 is 6.06. The lowest BCUT2D eigenvalue weighted by Crippen LogP contribution is -2.49. The fourth-order valence-electron chi connectivity index (χ4n) is 4.05. The molecule has 0 radical (unpaired) electrons. The zero-order chi connectivity index (χ0) is 25.5. The van der Waals surface area contributed by atoms with Gasteiger partial charge in [0.15, 0.2) is 5.82 Å². The molecule has 36 heavy (non-hydrogen) atoms. The number of hydrogen-bond donors (Lipinski definition) is 2. The van der Waals surface area contributed by atoms with Gasteiger partial charge in [0.25, 0.3) is 5.91 Å². The Morgan fingerprint density at radius 1 is 0.944 bits per heavy atom.